The highest BCUT2D eigenvalue weighted by Crippen LogP contribution is 2.15. The van der Waals surface area contributed by atoms with Crippen molar-refractivity contribution in [3.63, 3.8) is 0 Å². The topological polar surface area (TPSA) is 78.9 Å². The van der Waals surface area contributed by atoms with Crippen molar-refractivity contribution in [2.24, 2.45) is 0 Å². The van der Waals surface area contributed by atoms with E-state index in [1.165, 1.54) is 116 Å². The van der Waals surface area contributed by atoms with Gasteiger partial charge < -0.3 is 14.2 Å². The summed E-state index contributed by atoms with van der Waals surface area (Å²) in [5, 5.41) is 0. The maximum atomic E-state index is 12.8. The molecule has 0 amide bonds. The number of carbonyl (C=O) groups is 3. The molecule has 0 aromatic carbocycles. The van der Waals surface area contributed by atoms with Crippen molar-refractivity contribution < 1.29 is 28.6 Å². The highest BCUT2D eigenvalue weighted by molar-refractivity contribution is 5.71. The zero-order chi connectivity index (χ0) is 44.4. The number of rotatable bonds is 45. The van der Waals surface area contributed by atoms with E-state index in [9.17, 15) is 14.4 Å². The fourth-order valence-electron chi connectivity index (χ4n) is 6.94. The molecule has 61 heavy (non-hydrogen) atoms. The predicted molar refractivity (Wildman–Crippen MR) is 261 cm³/mol. The number of unbranched alkanes of at least 4 members (excludes halogenated alkanes) is 22. The second-order valence-corrected chi connectivity index (χ2v) is 16.7. The molecule has 0 aromatic rings. The molecule has 6 nitrogen and oxygen atoms in total. The molecule has 0 saturated heterocycles. The molecule has 0 rings (SSSR count). The largest absolute Gasteiger partial charge is 0.462 e. The van der Waals surface area contributed by atoms with Crippen LogP contribution in [-0.2, 0) is 28.6 Å². The fraction of sp³-hybridized carbons (Fsp3) is 0.727. The van der Waals surface area contributed by atoms with Crippen LogP contribution in [-0.4, -0.2) is 37.2 Å². The molecule has 0 saturated carbocycles. The molecule has 6 heteroatoms. The van der Waals surface area contributed by atoms with Crippen LogP contribution >= 0.6 is 0 Å². The van der Waals surface area contributed by atoms with Crippen LogP contribution in [0.4, 0.5) is 0 Å². The average molecular weight is 851 g/mol. The average Bonchev–Trinajstić information content (AvgIpc) is 3.26. The molecule has 1 unspecified atom stereocenters. The first kappa shape index (κ1) is 57.9. The van der Waals surface area contributed by atoms with Crippen molar-refractivity contribution in [3.05, 3.63) is 72.9 Å². The summed E-state index contributed by atoms with van der Waals surface area (Å²) < 4.78 is 16.7. The van der Waals surface area contributed by atoms with Crippen molar-refractivity contribution in [3.8, 4) is 0 Å². The summed E-state index contributed by atoms with van der Waals surface area (Å²) in [6.45, 7) is 6.42. The monoisotopic (exact) mass is 851 g/mol. The Morgan fingerprint density at radius 3 is 1.00 bits per heavy atom. The third-order valence-electron chi connectivity index (χ3n) is 10.7. The molecule has 0 spiro atoms. The smallest absolute Gasteiger partial charge is 0.306 e. The van der Waals surface area contributed by atoms with Gasteiger partial charge in [0.25, 0.3) is 0 Å². The number of esters is 3. The first-order chi connectivity index (χ1) is 30.0. The highest BCUT2D eigenvalue weighted by Gasteiger charge is 2.19. The summed E-state index contributed by atoms with van der Waals surface area (Å²) in [7, 11) is 0. The van der Waals surface area contributed by atoms with E-state index in [1.807, 2.05) is 6.08 Å². The van der Waals surface area contributed by atoms with E-state index in [1.54, 1.807) is 0 Å². The summed E-state index contributed by atoms with van der Waals surface area (Å²) in [5.41, 5.74) is 0. The van der Waals surface area contributed by atoms with Crippen LogP contribution in [0.15, 0.2) is 72.9 Å². The van der Waals surface area contributed by atoms with Crippen molar-refractivity contribution in [1.82, 2.24) is 0 Å². The van der Waals surface area contributed by atoms with E-state index in [4.69, 9.17) is 14.2 Å². The zero-order valence-corrected chi connectivity index (χ0v) is 39.9. The molecule has 0 radical (unpaired) electrons. The number of allylic oxidation sites excluding steroid dienone is 12. The molecule has 0 aliphatic carbocycles. The van der Waals surface area contributed by atoms with E-state index < -0.39 is 6.10 Å². The van der Waals surface area contributed by atoms with E-state index in [-0.39, 0.29) is 37.5 Å². The summed E-state index contributed by atoms with van der Waals surface area (Å²) in [5.74, 6) is -0.988. The lowest BCUT2D eigenvalue weighted by atomic mass is 10.0. The van der Waals surface area contributed by atoms with E-state index >= 15 is 0 Å². The maximum Gasteiger partial charge on any atom is 0.306 e. The predicted octanol–water partition coefficient (Wildman–Crippen LogP) is 16.6. The lowest BCUT2D eigenvalue weighted by Gasteiger charge is -2.18. The maximum absolute atomic E-state index is 12.8. The second-order valence-electron chi connectivity index (χ2n) is 16.7. The van der Waals surface area contributed by atoms with Gasteiger partial charge in [0.15, 0.2) is 6.10 Å². The SMILES string of the molecule is CC/C=C\C/C=C\C/C=C\C/C=C\C/C=C\C/C=C\CCC(=O)OCC(COC(=O)CCCCCCCCC)OC(=O)CCCCCCCCCCCCCCCCCCC. The van der Waals surface area contributed by atoms with Gasteiger partial charge in [-0.3, -0.25) is 14.4 Å². The van der Waals surface area contributed by atoms with Gasteiger partial charge >= 0.3 is 17.9 Å². The fourth-order valence-corrected chi connectivity index (χ4v) is 6.94. The third-order valence-corrected chi connectivity index (χ3v) is 10.7. The molecule has 0 bridgehead atoms. The molecule has 0 heterocycles. The molecule has 350 valence electrons. The Kier molecular flexibility index (Phi) is 46.9. The Bertz CT molecular complexity index is 1160. The Balaban J connectivity index is 4.37. The minimum absolute atomic E-state index is 0.0967. The minimum Gasteiger partial charge on any atom is -0.462 e. The van der Waals surface area contributed by atoms with Gasteiger partial charge in [-0.1, -0.05) is 235 Å². The molecular formula is C55H94O6. The number of hydrogen-bond acceptors (Lipinski definition) is 6. The van der Waals surface area contributed by atoms with Crippen LogP contribution in [0.5, 0.6) is 0 Å². The van der Waals surface area contributed by atoms with Crippen molar-refractivity contribution in [2.45, 2.75) is 245 Å². The van der Waals surface area contributed by atoms with Crippen molar-refractivity contribution in [2.75, 3.05) is 13.2 Å². The van der Waals surface area contributed by atoms with Gasteiger partial charge in [0.1, 0.15) is 13.2 Å². The Hall–Kier alpha value is -3.15. The summed E-state index contributed by atoms with van der Waals surface area (Å²) in [6.07, 6.45) is 62.0. The molecule has 0 aromatic heterocycles. The van der Waals surface area contributed by atoms with Gasteiger partial charge in [0.2, 0.25) is 0 Å². The summed E-state index contributed by atoms with van der Waals surface area (Å²) in [6, 6.07) is 0. The van der Waals surface area contributed by atoms with Gasteiger partial charge in [0, 0.05) is 19.3 Å². The van der Waals surface area contributed by atoms with Gasteiger partial charge in [-0.15, -0.1) is 0 Å². The third kappa shape index (κ3) is 47.7. The first-order valence-electron chi connectivity index (χ1n) is 25.4. The van der Waals surface area contributed by atoms with Crippen LogP contribution in [0.25, 0.3) is 0 Å². The van der Waals surface area contributed by atoms with Crippen LogP contribution in [0.1, 0.15) is 239 Å². The van der Waals surface area contributed by atoms with Gasteiger partial charge in [-0.2, -0.15) is 0 Å². The van der Waals surface area contributed by atoms with E-state index in [2.05, 4.69) is 87.6 Å². The van der Waals surface area contributed by atoms with Crippen molar-refractivity contribution in [1.29, 1.82) is 0 Å². The van der Waals surface area contributed by atoms with Gasteiger partial charge in [0.05, 0.1) is 0 Å². The van der Waals surface area contributed by atoms with Crippen LogP contribution in [0, 0.1) is 0 Å². The standard InChI is InChI=1S/C55H94O6/c1-4-7-10-13-16-18-20-22-24-26-27-29-30-32-34-36-39-42-45-48-54(57)60-51-52(50-59-53(56)47-44-41-38-15-12-9-6-3)61-55(58)49-46-43-40-37-35-33-31-28-25-23-21-19-17-14-11-8-5-2/h7,10,16,18,22,24,27,29,32,34,39,42,52H,4-6,8-9,11-15,17,19-21,23,25-26,28,30-31,33,35-38,40-41,43-51H2,1-3H3/b10-7-,18-16-,24-22-,29-27-,34-32-,42-39-. The first-order valence-corrected chi connectivity index (χ1v) is 25.4. The minimum atomic E-state index is -0.800. The lowest BCUT2D eigenvalue weighted by molar-refractivity contribution is -0.166. The lowest BCUT2D eigenvalue weighted by Crippen LogP contribution is -2.30. The Morgan fingerprint density at radius 2 is 0.639 bits per heavy atom. The number of ether oxygens (including phenoxy) is 3. The van der Waals surface area contributed by atoms with E-state index in [0.717, 1.165) is 77.0 Å². The van der Waals surface area contributed by atoms with Crippen LogP contribution < -0.4 is 0 Å². The normalized spacial score (nSPS) is 12.6. The molecule has 0 N–H and O–H groups in total. The Morgan fingerprint density at radius 1 is 0.344 bits per heavy atom. The summed E-state index contributed by atoms with van der Waals surface area (Å²) >= 11 is 0. The van der Waals surface area contributed by atoms with Gasteiger partial charge in [-0.25, -0.2) is 0 Å². The molecule has 0 aliphatic rings. The van der Waals surface area contributed by atoms with Gasteiger partial charge in [-0.05, 0) is 57.8 Å². The second kappa shape index (κ2) is 49.5. The number of carbonyl (C=O) groups excluding carboxylic acids is 3. The summed E-state index contributed by atoms with van der Waals surface area (Å²) in [4.78, 5) is 37.7. The molecular weight excluding hydrogens is 757 g/mol. The molecule has 0 fully saturated rings. The van der Waals surface area contributed by atoms with E-state index in [0.29, 0.717) is 19.3 Å². The number of hydrogen-bond donors (Lipinski definition) is 0. The van der Waals surface area contributed by atoms with Crippen molar-refractivity contribution >= 4 is 17.9 Å². The zero-order valence-electron chi connectivity index (χ0n) is 39.9. The quantitative estimate of drug-likeness (QED) is 0.0263. The van der Waals surface area contributed by atoms with Crippen LogP contribution in [0.3, 0.4) is 0 Å². The molecule has 1 atom stereocenters. The highest BCUT2D eigenvalue weighted by atomic mass is 16.6. The molecule has 0 aliphatic heterocycles. The Labute approximate surface area is 376 Å². The van der Waals surface area contributed by atoms with Crippen LogP contribution in [0.2, 0.25) is 0 Å².